The van der Waals surface area contributed by atoms with Gasteiger partial charge in [-0.2, -0.15) is 0 Å². The third-order valence-corrected chi connectivity index (χ3v) is 4.02. The summed E-state index contributed by atoms with van der Waals surface area (Å²) in [6.07, 6.45) is 0. The second kappa shape index (κ2) is 9.05. The van der Waals surface area contributed by atoms with E-state index in [0.717, 1.165) is 0 Å². The first kappa shape index (κ1) is 20.3. The molecule has 136 valence electrons. The van der Waals surface area contributed by atoms with Crippen LogP contribution in [0.5, 0.6) is 5.75 Å². The van der Waals surface area contributed by atoms with Crippen LogP contribution >= 0.6 is 47.0 Å². The summed E-state index contributed by atoms with van der Waals surface area (Å²) in [6, 6.07) is 8.83. The number of carbonyl (C=O) groups excluding carboxylic acids is 1. The van der Waals surface area contributed by atoms with Gasteiger partial charge in [-0.3, -0.25) is 10.1 Å². The molecule has 2 aromatic rings. The molecule has 2 rings (SSSR count). The molecule has 3 N–H and O–H groups in total. The van der Waals surface area contributed by atoms with E-state index in [1.165, 1.54) is 30.3 Å². The van der Waals surface area contributed by atoms with Crippen molar-refractivity contribution in [2.75, 3.05) is 11.9 Å². The second-order valence-corrected chi connectivity index (χ2v) is 6.52. The molecule has 0 saturated carbocycles. The van der Waals surface area contributed by atoms with E-state index in [-0.39, 0.29) is 27.3 Å². The third kappa shape index (κ3) is 5.74. The van der Waals surface area contributed by atoms with Crippen LogP contribution in [0.15, 0.2) is 36.4 Å². The fourth-order valence-corrected chi connectivity index (χ4v) is 2.72. The minimum absolute atomic E-state index is 0.0283. The lowest BCUT2D eigenvalue weighted by Crippen LogP contribution is -2.37. The predicted molar refractivity (Wildman–Crippen MR) is 105 cm³/mol. The number of rotatable bonds is 5. The van der Waals surface area contributed by atoms with Gasteiger partial charge in [-0.25, -0.2) is 4.79 Å². The number of carboxylic acids is 1. The minimum atomic E-state index is -1.18. The Balaban J connectivity index is 1.90. The number of hydrogen-bond acceptors (Lipinski definition) is 4. The van der Waals surface area contributed by atoms with Crippen molar-refractivity contribution in [1.82, 2.24) is 5.32 Å². The van der Waals surface area contributed by atoms with Crippen molar-refractivity contribution < 1.29 is 19.4 Å². The van der Waals surface area contributed by atoms with E-state index in [1.54, 1.807) is 6.07 Å². The molecule has 0 aliphatic carbocycles. The highest BCUT2D eigenvalue weighted by atomic mass is 35.5. The summed E-state index contributed by atoms with van der Waals surface area (Å²) in [5.74, 6) is -1.41. The average Bonchev–Trinajstić information content (AvgIpc) is 2.55. The van der Waals surface area contributed by atoms with Crippen molar-refractivity contribution in [3.8, 4) is 5.75 Å². The summed E-state index contributed by atoms with van der Waals surface area (Å²) in [7, 11) is 0. The lowest BCUT2D eigenvalue weighted by molar-refractivity contribution is -0.121. The zero-order valence-corrected chi connectivity index (χ0v) is 16.0. The number of amides is 1. The molecule has 0 unspecified atom stereocenters. The maximum atomic E-state index is 11.9. The highest BCUT2D eigenvalue weighted by molar-refractivity contribution is 7.80. The lowest BCUT2D eigenvalue weighted by atomic mass is 10.2. The van der Waals surface area contributed by atoms with Gasteiger partial charge in [-0.15, -0.1) is 0 Å². The van der Waals surface area contributed by atoms with Crippen molar-refractivity contribution >= 4 is 69.7 Å². The zero-order chi connectivity index (χ0) is 19.3. The number of carbonyl (C=O) groups is 2. The van der Waals surface area contributed by atoms with Crippen LogP contribution in [-0.4, -0.2) is 28.7 Å². The summed E-state index contributed by atoms with van der Waals surface area (Å²) in [4.78, 5) is 22.9. The molecule has 0 bridgehead atoms. The fourth-order valence-electron chi connectivity index (χ4n) is 1.83. The Kier molecular flexibility index (Phi) is 7.05. The van der Waals surface area contributed by atoms with E-state index >= 15 is 0 Å². The van der Waals surface area contributed by atoms with E-state index in [9.17, 15) is 9.59 Å². The molecule has 6 nitrogen and oxygen atoms in total. The van der Waals surface area contributed by atoms with Gasteiger partial charge >= 0.3 is 5.97 Å². The van der Waals surface area contributed by atoms with E-state index in [0.29, 0.717) is 16.5 Å². The first-order chi connectivity index (χ1) is 12.3. The number of anilines is 1. The normalized spacial score (nSPS) is 10.1. The van der Waals surface area contributed by atoms with Crippen molar-refractivity contribution in [1.29, 1.82) is 0 Å². The Morgan fingerprint density at radius 3 is 2.46 bits per heavy atom. The molecule has 2 aromatic carbocycles. The molecule has 0 aliphatic rings. The van der Waals surface area contributed by atoms with Crippen LogP contribution in [0.4, 0.5) is 5.69 Å². The second-order valence-electron chi connectivity index (χ2n) is 4.87. The minimum Gasteiger partial charge on any atom is -0.482 e. The SMILES string of the molecule is O=C(COc1ccc(Cl)cc1Cl)NC(=S)Nc1ccc(Cl)c(C(=O)O)c1. The standard InChI is InChI=1S/C16H11Cl3N2O4S/c17-8-1-4-13(12(19)5-8)25-7-14(22)21-16(26)20-9-2-3-11(18)10(6-9)15(23)24/h1-6H,7H2,(H,23,24)(H2,20,21,22,26). The first-order valence-corrected chi connectivity index (χ1v) is 8.52. The zero-order valence-electron chi connectivity index (χ0n) is 12.9. The number of nitrogens with one attached hydrogen (secondary N) is 2. The smallest absolute Gasteiger partial charge is 0.337 e. The summed E-state index contributed by atoms with van der Waals surface area (Å²) in [5, 5.41) is 14.9. The molecular formula is C16H11Cl3N2O4S. The number of ether oxygens (including phenoxy) is 1. The van der Waals surface area contributed by atoms with Crippen LogP contribution in [0.25, 0.3) is 0 Å². The Morgan fingerprint density at radius 1 is 1.08 bits per heavy atom. The monoisotopic (exact) mass is 432 g/mol. The lowest BCUT2D eigenvalue weighted by Gasteiger charge is -2.12. The molecule has 0 spiro atoms. The molecular weight excluding hydrogens is 423 g/mol. The van der Waals surface area contributed by atoms with Crippen LogP contribution in [-0.2, 0) is 4.79 Å². The number of hydrogen-bond donors (Lipinski definition) is 3. The maximum absolute atomic E-state index is 11.9. The molecule has 0 fully saturated rings. The molecule has 0 aromatic heterocycles. The largest absolute Gasteiger partial charge is 0.482 e. The van der Waals surface area contributed by atoms with E-state index in [2.05, 4.69) is 10.6 Å². The Bertz CT molecular complexity index is 877. The van der Waals surface area contributed by atoms with Crippen LogP contribution < -0.4 is 15.4 Å². The topological polar surface area (TPSA) is 87.7 Å². The Morgan fingerprint density at radius 2 is 1.81 bits per heavy atom. The Labute approximate surface area is 169 Å². The van der Waals surface area contributed by atoms with Gasteiger partial charge in [0.05, 0.1) is 15.6 Å². The van der Waals surface area contributed by atoms with Crippen LogP contribution in [0, 0.1) is 0 Å². The number of carboxylic acid groups (broad SMARTS) is 1. The number of aromatic carboxylic acids is 1. The van der Waals surface area contributed by atoms with Gasteiger partial charge in [0.2, 0.25) is 0 Å². The summed E-state index contributed by atoms with van der Waals surface area (Å²) in [6.45, 7) is -0.329. The van der Waals surface area contributed by atoms with Crippen LogP contribution in [0.1, 0.15) is 10.4 Å². The highest BCUT2D eigenvalue weighted by Crippen LogP contribution is 2.27. The van der Waals surface area contributed by atoms with Gasteiger partial charge < -0.3 is 15.2 Å². The molecule has 0 heterocycles. The molecule has 26 heavy (non-hydrogen) atoms. The van der Waals surface area contributed by atoms with Crippen LogP contribution in [0.3, 0.4) is 0 Å². The number of halogens is 3. The molecule has 0 aliphatic heterocycles. The first-order valence-electron chi connectivity index (χ1n) is 6.98. The Hall–Kier alpha value is -2.06. The van der Waals surface area contributed by atoms with Gasteiger partial charge in [0.1, 0.15) is 5.75 Å². The fraction of sp³-hybridized carbons (Fsp3) is 0.0625. The van der Waals surface area contributed by atoms with E-state index in [1.807, 2.05) is 0 Å². The van der Waals surface area contributed by atoms with Crippen molar-refractivity contribution in [2.45, 2.75) is 0 Å². The van der Waals surface area contributed by atoms with Crippen LogP contribution in [0.2, 0.25) is 15.1 Å². The van der Waals surface area contributed by atoms with E-state index < -0.39 is 11.9 Å². The van der Waals surface area contributed by atoms with Crippen molar-refractivity contribution in [3.05, 3.63) is 57.0 Å². The van der Waals surface area contributed by atoms with Gasteiger partial charge in [0, 0.05) is 10.7 Å². The van der Waals surface area contributed by atoms with Gasteiger partial charge in [0.15, 0.2) is 11.7 Å². The van der Waals surface area contributed by atoms with Crippen molar-refractivity contribution in [3.63, 3.8) is 0 Å². The molecule has 1 amide bonds. The number of benzene rings is 2. The molecule has 0 atom stereocenters. The summed E-state index contributed by atoms with van der Waals surface area (Å²) < 4.78 is 5.29. The highest BCUT2D eigenvalue weighted by Gasteiger charge is 2.12. The van der Waals surface area contributed by atoms with Gasteiger partial charge in [0.25, 0.3) is 5.91 Å². The van der Waals surface area contributed by atoms with Gasteiger partial charge in [-0.05, 0) is 48.6 Å². The maximum Gasteiger partial charge on any atom is 0.337 e. The molecule has 0 radical (unpaired) electrons. The molecule has 0 saturated heterocycles. The summed E-state index contributed by atoms with van der Waals surface area (Å²) in [5.41, 5.74) is 0.269. The molecule has 10 heteroatoms. The number of thiocarbonyl (C=S) groups is 1. The average molecular weight is 434 g/mol. The quantitative estimate of drug-likeness (QED) is 0.611. The van der Waals surface area contributed by atoms with Crippen molar-refractivity contribution in [2.24, 2.45) is 0 Å². The predicted octanol–water partition coefficient (Wildman–Crippen LogP) is 4.24. The summed E-state index contributed by atoms with van der Waals surface area (Å²) >= 11 is 22.5. The third-order valence-electron chi connectivity index (χ3n) is 2.96. The van der Waals surface area contributed by atoms with E-state index in [4.69, 9.17) is 56.9 Å². The van der Waals surface area contributed by atoms with Gasteiger partial charge in [-0.1, -0.05) is 34.8 Å².